The molecule has 64 valence electrons. The molecule has 0 fully saturated rings. The first kappa shape index (κ1) is 8.91. The van der Waals surface area contributed by atoms with Crippen LogP contribution in [0.25, 0.3) is 0 Å². The van der Waals surface area contributed by atoms with Crippen molar-refractivity contribution in [2.45, 2.75) is 31.9 Å². The van der Waals surface area contributed by atoms with E-state index in [1.165, 1.54) is 12.8 Å². The minimum atomic E-state index is 0.744. The lowest BCUT2D eigenvalue weighted by atomic mass is 10.2. The van der Waals surface area contributed by atoms with E-state index in [0.29, 0.717) is 0 Å². The Balaban J connectivity index is 2.19. The van der Waals surface area contributed by atoms with Crippen molar-refractivity contribution in [3.05, 3.63) is 0 Å². The fourth-order valence-electron chi connectivity index (χ4n) is 1.14. The van der Waals surface area contributed by atoms with Gasteiger partial charge in [-0.3, -0.25) is 4.99 Å². The molecular weight excluding hydrogens is 156 g/mol. The first-order valence-electron chi connectivity index (χ1n) is 4.31. The molecule has 2 nitrogen and oxygen atoms in total. The zero-order valence-corrected chi connectivity index (χ0v) is 8.08. The van der Waals surface area contributed by atoms with Crippen LogP contribution >= 0.6 is 11.8 Å². The number of thioether (sulfide) groups is 1. The molecule has 0 saturated carbocycles. The molecule has 1 heterocycles. The van der Waals surface area contributed by atoms with Crippen molar-refractivity contribution in [3.63, 3.8) is 0 Å². The van der Waals surface area contributed by atoms with Crippen molar-refractivity contribution in [1.29, 1.82) is 0 Å². The molecule has 0 aromatic rings. The van der Waals surface area contributed by atoms with Gasteiger partial charge in [0, 0.05) is 11.8 Å². The van der Waals surface area contributed by atoms with E-state index in [9.17, 15) is 0 Å². The van der Waals surface area contributed by atoms with Gasteiger partial charge in [-0.05, 0) is 13.3 Å². The largest absolute Gasteiger partial charge is 0.365 e. The second-order valence-corrected chi connectivity index (χ2v) is 3.99. The van der Waals surface area contributed by atoms with Gasteiger partial charge in [-0.25, -0.2) is 0 Å². The van der Waals surface area contributed by atoms with Gasteiger partial charge in [0.15, 0.2) is 5.17 Å². The highest BCUT2D eigenvalue weighted by molar-refractivity contribution is 8.14. The standard InChI is InChI=1S/C8H16N2S/c1-3-5-7-6-10-8(11-7)9-4-2/h7H,3-6H2,1-2H3,(H,9,10). The van der Waals surface area contributed by atoms with Gasteiger partial charge in [0.25, 0.3) is 0 Å². The van der Waals surface area contributed by atoms with Gasteiger partial charge in [0.05, 0.1) is 6.54 Å². The number of nitrogens with one attached hydrogen (secondary N) is 1. The van der Waals surface area contributed by atoms with E-state index < -0.39 is 0 Å². The van der Waals surface area contributed by atoms with Crippen LogP contribution in [0.5, 0.6) is 0 Å². The highest BCUT2D eigenvalue weighted by Gasteiger charge is 2.17. The van der Waals surface area contributed by atoms with E-state index in [-0.39, 0.29) is 0 Å². The molecule has 1 atom stereocenters. The quantitative estimate of drug-likeness (QED) is 0.703. The molecule has 0 aromatic heterocycles. The second kappa shape index (κ2) is 4.65. The summed E-state index contributed by atoms with van der Waals surface area (Å²) in [5, 5.41) is 5.13. The second-order valence-electron chi connectivity index (χ2n) is 2.70. The van der Waals surface area contributed by atoms with Crippen LogP contribution in [0, 0.1) is 0 Å². The maximum absolute atomic E-state index is 4.39. The summed E-state index contributed by atoms with van der Waals surface area (Å²) in [6.45, 7) is 6.34. The third-order valence-corrected chi connectivity index (χ3v) is 2.87. The highest BCUT2D eigenvalue weighted by atomic mass is 32.2. The Labute approximate surface area is 72.9 Å². The van der Waals surface area contributed by atoms with Crippen LogP contribution in [-0.4, -0.2) is 23.5 Å². The third kappa shape index (κ3) is 2.73. The molecule has 1 N–H and O–H groups in total. The molecule has 1 rings (SSSR count). The molecule has 0 spiro atoms. The summed E-state index contributed by atoms with van der Waals surface area (Å²) in [5.41, 5.74) is 0. The Morgan fingerprint density at radius 1 is 1.64 bits per heavy atom. The summed E-state index contributed by atoms with van der Waals surface area (Å²) < 4.78 is 0. The van der Waals surface area contributed by atoms with Crippen molar-refractivity contribution in [2.24, 2.45) is 4.99 Å². The zero-order chi connectivity index (χ0) is 8.10. The third-order valence-electron chi connectivity index (χ3n) is 1.66. The zero-order valence-electron chi connectivity index (χ0n) is 7.26. The summed E-state index contributed by atoms with van der Waals surface area (Å²) >= 11 is 1.90. The van der Waals surface area contributed by atoms with E-state index in [2.05, 4.69) is 24.2 Å². The fourth-order valence-corrected chi connectivity index (χ4v) is 2.33. The Morgan fingerprint density at radius 2 is 2.45 bits per heavy atom. The van der Waals surface area contributed by atoms with Crippen LogP contribution in [0.4, 0.5) is 0 Å². The predicted molar refractivity (Wildman–Crippen MR) is 52.3 cm³/mol. The van der Waals surface area contributed by atoms with Gasteiger partial charge < -0.3 is 5.32 Å². The average Bonchev–Trinajstić information content (AvgIpc) is 2.38. The van der Waals surface area contributed by atoms with Gasteiger partial charge in [-0.2, -0.15) is 0 Å². The maximum Gasteiger partial charge on any atom is 0.156 e. The lowest BCUT2D eigenvalue weighted by molar-refractivity contribution is 0.754. The number of amidine groups is 1. The number of rotatable bonds is 3. The molecule has 3 heteroatoms. The predicted octanol–water partition coefficient (Wildman–Crippen LogP) is 1.87. The smallest absolute Gasteiger partial charge is 0.156 e. The van der Waals surface area contributed by atoms with E-state index >= 15 is 0 Å². The molecule has 11 heavy (non-hydrogen) atoms. The summed E-state index contributed by atoms with van der Waals surface area (Å²) in [6.07, 6.45) is 2.57. The van der Waals surface area contributed by atoms with E-state index in [1.54, 1.807) is 0 Å². The van der Waals surface area contributed by atoms with Gasteiger partial charge in [-0.15, -0.1) is 0 Å². The van der Waals surface area contributed by atoms with Crippen LogP contribution in [0.2, 0.25) is 0 Å². The molecule has 0 saturated heterocycles. The molecule has 1 aliphatic heterocycles. The summed E-state index contributed by atoms with van der Waals surface area (Å²) in [4.78, 5) is 4.39. The number of nitrogens with zero attached hydrogens (tertiary/aromatic N) is 1. The SMILES string of the molecule is CCCC1CN=C(NCC)S1. The first-order chi connectivity index (χ1) is 5.36. The van der Waals surface area contributed by atoms with Gasteiger partial charge in [0.1, 0.15) is 0 Å². The van der Waals surface area contributed by atoms with Gasteiger partial charge >= 0.3 is 0 Å². The summed E-state index contributed by atoms with van der Waals surface area (Å²) in [6, 6.07) is 0. The van der Waals surface area contributed by atoms with Crippen LogP contribution in [-0.2, 0) is 0 Å². The Morgan fingerprint density at radius 3 is 3.09 bits per heavy atom. The van der Waals surface area contributed by atoms with Crippen LogP contribution in [0.1, 0.15) is 26.7 Å². The lowest BCUT2D eigenvalue weighted by Crippen LogP contribution is -2.18. The summed E-state index contributed by atoms with van der Waals surface area (Å²) in [7, 11) is 0. The first-order valence-corrected chi connectivity index (χ1v) is 5.19. The van der Waals surface area contributed by atoms with Crippen LogP contribution in [0.3, 0.4) is 0 Å². The number of hydrogen-bond donors (Lipinski definition) is 1. The Kier molecular flexibility index (Phi) is 3.77. The maximum atomic E-state index is 4.39. The van der Waals surface area contributed by atoms with Crippen molar-refractivity contribution >= 4 is 16.9 Å². The molecule has 0 aliphatic carbocycles. The molecule has 1 aliphatic rings. The molecular formula is C8H16N2S. The van der Waals surface area contributed by atoms with Gasteiger partial charge in [-0.1, -0.05) is 25.1 Å². The molecule has 0 amide bonds. The highest BCUT2D eigenvalue weighted by Crippen LogP contribution is 2.23. The average molecular weight is 172 g/mol. The van der Waals surface area contributed by atoms with E-state index in [4.69, 9.17) is 0 Å². The van der Waals surface area contributed by atoms with Crippen LogP contribution < -0.4 is 5.32 Å². The van der Waals surface area contributed by atoms with E-state index in [0.717, 1.165) is 23.5 Å². The summed E-state index contributed by atoms with van der Waals surface area (Å²) in [5.74, 6) is 0. The Hall–Kier alpha value is -0.180. The van der Waals surface area contributed by atoms with Crippen molar-refractivity contribution in [2.75, 3.05) is 13.1 Å². The van der Waals surface area contributed by atoms with Crippen molar-refractivity contribution in [3.8, 4) is 0 Å². The minimum absolute atomic E-state index is 0.744. The monoisotopic (exact) mass is 172 g/mol. The normalized spacial score (nSPS) is 23.5. The molecule has 0 radical (unpaired) electrons. The minimum Gasteiger partial charge on any atom is -0.365 e. The van der Waals surface area contributed by atoms with Crippen molar-refractivity contribution in [1.82, 2.24) is 5.32 Å². The lowest BCUT2D eigenvalue weighted by Gasteiger charge is -2.05. The van der Waals surface area contributed by atoms with Gasteiger partial charge in [0.2, 0.25) is 0 Å². The fraction of sp³-hybridized carbons (Fsp3) is 0.875. The number of aliphatic imine (C=N–C) groups is 1. The molecule has 0 bridgehead atoms. The molecule has 0 aromatic carbocycles. The molecule has 1 unspecified atom stereocenters. The van der Waals surface area contributed by atoms with Crippen molar-refractivity contribution < 1.29 is 0 Å². The number of hydrogen-bond acceptors (Lipinski definition) is 3. The Bertz CT molecular complexity index is 145. The topological polar surface area (TPSA) is 24.4 Å². The van der Waals surface area contributed by atoms with Crippen LogP contribution in [0.15, 0.2) is 4.99 Å². The van der Waals surface area contributed by atoms with E-state index in [1.807, 2.05) is 11.8 Å².